The summed E-state index contributed by atoms with van der Waals surface area (Å²) < 4.78 is 28.0. The van der Waals surface area contributed by atoms with Crippen LogP contribution in [0.4, 0.5) is 4.79 Å². The van der Waals surface area contributed by atoms with Gasteiger partial charge in [-0.3, -0.25) is 0 Å². The summed E-state index contributed by atoms with van der Waals surface area (Å²) >= 11 is 0. The Labute approximate surface area is 75.9 Å². The predicted molar refractivity (Wildman–Crippen MR) is 44.4 cm³/mol. The van der Waals surface area contributed by atoms with Crippen LogP contribution >= 0.6 is 0 Å². The first-order chi connectivity index (χ1) is 5.98. The lowest BCUT2D eigenvalue weighted by Gasteiger charge is -2.04. The highest BCUT2D eigenvalue weighted by Crippen LogP contribution is 1.82. The molecule has 0 saturated heterocycles. The van der Waals surface area contributed by atoms with Crippen LogP contribution in [0.5, 0.6) is 0 Å². The minimum atomic E-state index is -3.46. The first-order valence-electron chi connectivity index (χ1n) is 3.48. The van der Waals surface area contributed by atoms with E-state index in [0.717, 1.165) is 0 Å². The topological polar surface area (TPSA) is 119 Å². The highest BCUT2D eigenvalue weighted by molar-refractivity contribution is 7.89. The van der Waals surface area contributed by atoms with E-state index in [4.69, 9.17) is 5.11 Å². The van der Waals surface area contributed by atoms with Crippen LogP contribution in [0, 0.1) is 0 Å². The van der Waals surface area contributed by atoms with Gasteiger partial charge in [0.1, 0.15) is 6.61 Å². The molecule has 13 heavy (non-hydrogen) atoms. The van der Waals surface area contributed by atoms with Crippen LogP contribution in [0.1, 0.15) is 0 Å². The molecule has 0 aliphatic heterocycles. The summed E-state index contributed by atoms with van der Waals surface area (Å²) in [6, 6.07) is 0. The number of sulfonamides is 1. The van der Waals surface area contributed by atoms with Crippen LogP contribution in [0.25, 0.3) is 0 Å². The van der Waals surface area contributed by atoms with E-state index in [1.165, 1.54) is 0 Å². The second kappa shape index (κ2) is 5.73. The van der Waals surface area contributed by atoms with Crippen LogP contribution in [0.15, 0.2) is 0 Å². The van der Waals surface area contributed by atoms with Gasteiger partial charge in [0.25, 0.3) is 0 Å². The second-order valence-corrected chi connectivity index (χ2v) is 4.03. The van der Waals surface area contributed by atoms with Gasteiger partial charge in [0.05, 0.1) is 12.4 Å². The molecule has 8 heteroatoms. The standard InChI is InChI=1S/C5H12N2O5S/c6-5(9)12-3-1-7-13(10,11)4-2-8/h7-8H,1-4H2,(H2,6,9). The maximum atomic E-state index is 10.8. The van der Waals surface area contributed by atoms with Gasteiger partial charge in [0.2, 0.25) is 10.0 Å². The van der Waals surface area contributed by atoms with Crippen molar-refractivity contribution in [2.24, 2.45) is 5.73 Å². The molecule has 0 spiro atoms. The van der Waals surface area contributed by atoms with Gasteiger partial charge in [0, 0.05) is 6.54 Å². The largest absolute Gasteiger partial charge is 0.448 e. The molecule has 0 heterocycles. The number of nitrogens with two attached hydrogens (primary N) is 1. The summed E-state index contributed by atoms with van der Waals surface area (Å²) in [6.07, 6.45) is -0.957. The van der Waals surface area contributed by atoms with Crippen LogP contribution in [-0.4, -0.2) is 45.1 Å². The van der Waals surface area contributed by atoms with E-state index in [9.17, 15) is 13.2 Å². The van der Waals surface area contributed by atoms with E-state index in [-0.39, 0.29) is 18.9 Å². The van der Waals surface area contributed by atoms with Crippen molar-refractivity contribution in [1.82, 2.24) is 4.72 Å². The molecule has 0 unspecified atom stereocenters. The van der Waals surface area contributed by atoms with Crippen LogP contribution in [0.3, 0.4) is 0 Å². The van der Waals surface area contributed by atoms with Crippen LogP contribution in [-0.2, 0) is 14.8 Å². The van der Waals surface area contributed by atoms with E-state index < -0.39 is 22.7 Å². The summed E-state index contributed by atoms with van der Waals surface area (Å²) in [6.45, 7) is -0.628. The first-order valence-corrected chi connectivity index (χ1v) is 5.13. The average molecular weight is 212 g/mol. The Bertz CT molecular complexity index is 250. The minimum absolute atomic E-state index is 0.0503. The van der Waals surface area contributed by atoms with Gasteiger partial charge >= 0.3 is 6.09 Å². The number of carbonyl (C=O) groups excluding carboxylic acids is 1. The molecule has 0 aromatic carbocycles. The van der Waals surface area contributed by atoms with E-state index in [0.29, 0.717) is 0 Å². The van der Waals surface area contributed by atoms with Crippen LogP contribution < -0.4 is 10.5 Å². The normalized spacial score (nSPS) is 11.2. The lowest BCUT2D eigenvalue weighted by molar-refractivity contribution is 0.159. The molecule has 1 amide bonds. The monoisotopic (exact) mass is 212 g/mol. The molecule has 0 aliphatic rings. The van der Waals surface area contributed by atoms with Crippen molar-refractivity contribution in [1.29, 1.82) is 0 Å². The highest BCUT2D eigenvalue weighted by atomic mass is 32.2. The molecule has 0 aromatic rings. The third-order valence-electron chi connectivity index (χ3n) is 1.03. The number of hydrogen-bond acceptors (Lipinski definition) is 5. The van der Waals surface area contributed by atoms with Gasteiger partial charge in [-0.15, -0.1) is 0 Å². The van der Waals surface area contributed by atoms with Crippen molar-refractivity contribution in [2.75, 3.05) is 25.5 Å². The molecule has 0 atom stereocenters. The van der Waals surface area contributed by atoms with Crippen molar-refractivity contribution >= 4 is 16.1 Å². The summed E-state index contributed by atoms with van der Waals surface area (Å²) in [4.78, 5) is 10.0. The van der Waals surface area contributed by atoms with E-state index in [2.05, 4.69) is 15.2 Å². The summed E-state index contributed by atoms with van der Waals surface area (Å²) in [7, 11) is -3.46. The van der Waals surface area contributed by atoms with E-state index >= 15 is 0 Å². The molecule has 7 nitrogen and oxygen atoms in total. The maximum absolute atomic E-state index is 10.8. The van der Waals surface area contributed by atoms with Crippen molar-refractivity contribution in [2.45, 2.75) is 0 Å². The fraction of sp³-hybridized carbons (Fsp3) is 0.800. The van der Waals surface area contributed by atoms with E-state index in [1.807, 2.05) is 0 Å². The smallest absolute Gasteiger partial charge is 0.404 e. The summed E-state index contributed by atoms with van der Waals surface area (Å²) in [5.41, 5.74) is 4.62. The Hall–Kier alpha value is -0.860. The molecule has 0 bridgehead atoms. The van der Waals surface area contributed by atoms with Crippen molar-refractivity contribution in [3.63, 3.8) is 0 Å². The number of hydrogen-bond donors (Lipinski definition) is 3. The van der Waals surface area contributed by atoms with Crippen molar-refractivity contribution in [3.8, 4) is 0 Å². The molecule has 0 saturated carbocycles. The molecule has 0 aliphatic carbocycles. The lowest BCUT2D eigenvalue weighted by atomic mass is 10.7. The molecule has 0 radical (unpaired) electrons. The Morgan fingerprint density at radius 3 is 2.62 bits per heavy atom. The van der Waals surface area contributed by atoms with Gasteiger partial charge in [-0.2, -0.15) is 0 Å². The zero-order chi connectivity index (χ0) is 10.3. The maximum Gasteiger partial charge on any atom is 0.404 e. The van der Waals surface area contributed by atoms with Gasteiger partial charge in [-0.05, 0) is 0 Å². The number of nitrogens with one attached hydrogen (secondary N) is 1. The minimum Gasteiger partial charge on any atom is -0.448 e. The van der Waals surface area contributed by atoms with Crippen molar-refractivity contribution < 1.29 is 23.1 Å². The highest BCUT2D eigenvalue weighted by Gasteiger charge is 2.07. The third kappa shape index (κ3) is 7.50. The first kappa shape index (κ1) is 12.1. The summed E-state index contributed by atoms with van der Waals surface area (Å²) in [5.74, 6) is -0.371. The van der Waals surface area contributed by atoms with Gasteiger partial charge in [-0.25, -0.2) is 17.9 Å². The fourth-order valence-corrected chi connectivity index (χ4v) is 1.32. The number of carbonyl (C=O) groups is 1. The Morgan fingerprint density at radius 2 is 2.15 bits per heavy atom. The fourth-order valence-electron chi connectivity index (χ4n) is 0.541. The number of rotatable bonds is 6. The molecule has 0 rings (SSSR count). The average Bonchev–Trinajstić information content (AvgIpc) is 1.98. The molecular formula is C5H12N2O5S. The van der Waals surface area contributed by atoms with Gasteiger partial charge in [0.15, 0.2) is 0 Å². The van der Waals surface area contributed by atoms with Crippen LogP contribution in [0.2, 0.25) is 0 Å². The Morgan fingerprint density at radius 1 is 1.54 bits per heavy atom. The number of primary amides is 1. The number of aliphatic hydroxyl groups excluding tert-OH is 1. The number of amides is 1. The molecule has 0 fully saturated rings. The van der Waals surface area contributed by atoms with Gasteiger partial charge in [-0.1, -0.05) is 0 Å². The zero-order valence-electron chi connectivity index (χ0n) is 6.89. The number of aliphatic hydroxyl groups is 1. The molecule has 0 aromatic heterocycles. The molecular weight excluding hydrogens is 200 g/mol. The molecule has 4 N–H and O–H groups in total. The van der Waals surface area contributed by atoms with Crippen molar-refractivity contribution in [3.05, 3.63) is 0 Å². The SMILES string of the molecule is NC(=O)OCCNS(=O)(=O)CCO. The Kier molecular flexibility index (Phi) is 5.35. The van der Waals surface area contributed by atoms with Gasteiger partial charge < -0.3 is 15.6 Å². The second-order valence-electron chi connectivity index (χ2n) is 2.10. The predicted octanol–water partition coefficient (Wildman–Crippen LogP) is -2.01. The summed E-state index contributed by atoms with van der Waals surface area (Å²) in [5, 5.41) is 8.32. The number of ether oxygens (including phenoxy) is 1. The molecule has 78 valence electrons. The Balaban J connectivity index is 3.58. The lowest BCUT2D eigenvalue weighted by Crippen LogP contribution is -2.31. The quantitative estimate of drug-likeness (QED) is 0.440. The zero-order valence-corrected chi connectivity index (χ0v) is 7.71. The third-order valence-corrected chi connectivity index (χ3v) is 2.39. The van der Waals surface area contributed by atoms with E-state index in [1.54, 1.807) is 0 Å².